The fourth-order valence-electron chi connectivity index (χ4n) is 1.66. The van der Waals surface area contributed by atoms with Crippen molar-refractivity contribution in [3.63, 3.8) is 0 Å². The monoisotopic (exact) mass is 263 g/mol. The Bertz CT molecular complexity index is 529. The van der Waals surface area contributed by atoms with Crippen LogP contribution in [0.1, 0.15) is 22.6 Å². The van der Waals surface area contributed by atoms with Gasteiger partial charge in [-0.1, -0.05) is 29.5 Å². The Morgan fingerprint density at radius 2 is 2.06 bits per heavy atom. The summed E-state index contributed by atoms with van der Waals surface area (Å²) >= 11 is 1.59. The maximum absolute atomic E-state index is 5.55. The number of benzene rings is 1. The summed E-state index contributed by atoms with van der Waals surface area (Å²) in [6.07, 6.45) is 0. The molecule has 1 aromatic heterocycles. The lowest BCUT2D eigenvalue weighted by Gasteiger charge is -2.07. The van der Waals surface area contributed by atoms with E-state index in [9.17, 15) is 0 Å². The number of hydrogen-bond acceptors (Lipinski definition) is 4. The van der Waals surface area contributed by atoms with E-state index in [0.717, 1.165) is 28.5 Å². The smallest absolute Gasteiger partial charge is 0.256 e. The molecule has 2 rings (SSSR count). The molecule has 0 radical (unpaired) electrons. The third-order valence-corrected chi connectivity index (χ3v) is 3.67. The van der Waals surface area contributed by atoms with Crippen molar-refractivity contribution in [2.45, 2.75) is 31.7 Å². The number of methoxy groups -OCH3 is 1. The van der Waals surface area contributed by atoms with Crippen LogP contribution in [-0.2, 0) is 5.75 Å². The zero-order valence-corrected chi connectivity index (χ0v) is 11.9. The summed E-state index contributed by atoms with van der Waals surface area (Å²) in [5, 5.41) is 0.716. The van der Waals surface area contributed by atoms with Gasteiger partial charge < -0.3 is 9.15 Å². The second-order valence-corrected chi connectivity index (χ2v) is 5.15. The van der Waals surface area contributed by atoms with Crippen molar-refractivity contribution in [2.24, 2.45) is 0 Å². The van der Waals surface area contributed by atoms with Crippen LogP contribution in [0.15, 0.2) is 27.8 Å². The molecule has 0 saturated carbocycles. The minimum atomic E-state index is 0.716. The van der Waals surface area contributed by atoms with Crippen LogP contribution in [0.4, 0.5) is 0 Å². The standard InChI is InChI=1S/C14H17NO2S/c1-9-5-6-13(16-4)12(7-9)8-18-14-15-10(2)11(3)17-14/h5-7H,8H2,1-4H3. The van der Waals surface area contributed by atoms with Crippen molar-refractivity contribution in [2.75, 3.05) is 7.11 Å². The van der Waals surface area contributed by atoms with Gasteiger partial charge in [0.05, 0.1) is 12.8 Å². The molecule has 0 atom stereocenters. The fraction of sp³-hybridized carbons (Fsp3) is 0.357. The molecule has 0 aliphatic rings. The van der Waals surface area contributed by atoms with E-state index in [1.54, 1.807) is 18.9 Å². The summed E-state index contributed by atoms with van der Waals surface area (Å²) in [6.45, 7) is 5.96. The second kappa shape index (κ2) is 5.48. The van der Waals surface area contributed by atoms with Gasteiger partial charge in [-0.3, -0.25) is 0 Å². The minimum absolute atomic E-state index is 0.716. The Labute approximate surface area is 112 Å². The first-order valence-corrected chi connectivity index (χ1v) is 6.79. The number of hydrogen-bond donors (Lipinski definition) is 0. The summed E-state index contributed by atoms with van der Waals surface area (Å²) in [5.41, 5.74) is 3.34. The quantitative estimate of drug-likeness (QED) is 0.784. The van der Waals surface area contributed by atoms with E-state index in [1.807, 2.05) is 26.0 Å². The molecular formula is C14H17NO2S. The third-order valence-electron chi connectivity index (χ3n) is 2.80. The highest BCUT2D eigenvalue weighted by atomic mass is 32.2. The van der Waals surface area contributed by atoms with E-state index in [2.05, 4.69) is 18.0 Å². The summed E-state index contributed by atoms with van der Waals surface area (Å²) < 4.78 is 10.9. The highest BCUT2D eigenvalue weighted by molar-refractivity contribution is 7.98. The van der Waals surface area contributed by atoms with Crippen molar-refractivity contribution >= 4 is 11.8 Å². The molecule has 3 nitrogen and oxygen atoms in total. The molecule has 0 spiro atoms. The molecule has 4 heteroatoms. The van der Waals surface area contributed by atoms with Gasteiger partial charge in [-0.25, -0.2) is 4.98 Å². The first-order chi connectivity index (χ1) is 8.60. The molecule has 2 aromatic rings. The molecule has 1 heterocycles. The van der Waals surface area contributed by atoms with Crippen molar-refractivity contribution in [3.8, 4) is 5.75 Å². The van der Waals surface area contributed by atoms with E-state index in [4.69, 9.17) is 9.15 Å². The number of thioether (sulfide) groups is 1. The second-order valence-electron chi connectivity index (χ2n) is 4.23. The SMILES string of the molecule is COc1ccc(C)cc1CSc1nc(C)c(C)o1. The van der Waals surface area contributed by atoms with Crippen LogP contribution in [0.3, 0.4) is 0 Å². The van der Waals surface area contributed by atoms with Crippen molar-refractivity contribution in [1.82, 2.24) is 4.98 Å². The largest absolute Gasteiger partial charge is 0.496 e. The van der Waals surface area contributed by atoms with Gasteiger partial charge in [-0.05, 0) is 26.8 Å². The molecule has 0 N–H and O–H groups in total. The normalized spacial score (nSPS) is 10.7. The minimum Gasteiger partial charge on any atom is -0.496 e. The summed E-state index contributed by atoms with van der Waals surface area (Å²) in [6, 6.07) is 6.18. The number of aromatic nitrogens is 1. The topological polar surface area (TPSA) is 35.3 Å². The van der Waals surface area contributed by atoms with Crippen LogP contribution >= 0.6 is 11.8 Å². The van der Waals surface area contributed by atoms with E-state index >= 15 is 0 Å². The van der Waals surface area contributed by atoms with E-state index in [0.29, 0.717) is 5.22 Å². The maximum Gasteiger partial charge on any atom is 0.256 e. The fourth-order valence-corrected chi connectivity index (χ4v) is 2.55. The van der Waals surface area contributed by atoms with Gasteiger partial charge in [-0.15, -0.1) is 0 Å². The predicted octanol–water partition coefficient (Wildman–Crippen LogP) is 3.90. The molecule has 0 aliphatic heterocycles. The number of nitrogens with zero attached hydrogens (tertiary/aromatic N) is 1. The van der Waals surface area contributed by atoms with Gasteiger partial charge in [0.1, 0.15) is 11.5 Å². The van der Waals surface area contributed by atoms with Crippen LogP contribution in [0.5, 0.6) is 5.75 Å². The van der Waals surface area contributed by atoms with Gasteiger partial charge in [0.25, 0.3) is 5.22 Å². The average Bonchev–Trinajstić information content (AvgIpc) is 2.66. The summed E-state index contributed by atoms with van der Waals surface area (Å²) in [7, 11) is 1.69. The predicted molar refractivity (Wildman–Crippen MR) is 73.3 cm³/mol. The highest BCUT2D eigenvalue weighted by Crippen LogP contribution is 2.29. The van der Waals surface area contributed by atoms with Gasteiger partial charge in [0, 0.05) is 11.3 Å². The van der Waals surface area contributed by atoms with Gasteiger partial charge in [-0.2, -0.15) is 0 Å². The highest BCUT2D eigenvalue weighted by Gasteiger charge is 2.09. The lowest BCUT2D eigenvalue weighted by molar-refractivity contribution is 0.411. The molecule has 96 valence electrons. The van der Waals surface area contributed by atoms with Gasteiger partial charge in [0.15, 0.2) is 0 Å². The van der Waals surface area contributed by atoms with Crippen LogP contribution in [0, 0.1) is 20.8 Å². The third kappa shape index (κ3) is 2.88. The lowest BCUT2D eigenvalue weighted by atomic mass is 10.1. The number of oxazole rings is 1. The van der Waals surface area contributed by atoms with Crippen molar-refractivity contribution in [1.29, 1.82) is 0 Å². The van der Waals surface area contributed by atoms with Crippen LogP contribution in [-0.4, -0.2) is 12.1 Å². The van der Waals surface area contributed by atoms with Crippen molar-refractivity contribution < 1.29 is 9.15 Å². The zero-order valence-electron chi connectivity index (χ0n) is 11.1. The zero-order chi connectivity index (χ0) is 13.1. The summed E-state index contributed by atoms with van der Waals surface area (Å²) in [4.78, 5) is 4.36. The molecule has 18 heavy (non-hydrogen) atoms. The first-order valence-electron chi connectivity index (χ1n) is 5.80. The van der Waals surface area contributed by atoms with Crippen molar-refractivity contribution in [3.05, 3.63) is 40.8 Å². The maximum atomic E-state index is 5.55. The van der Waals surface area contributed by atoms with E-state index < -0.39 is 0 Å². The molecular weight excluding hydrogens is 246 g/mol. The Morgan fingerprint density at radius 3 is 2.67 bits per heavy atom. The van der Waals surface area contributed by atoms with E-state index in [-0.39, 0.29) is 0 Å². The van der Waals surface area contributed by atoms with E-state index in [1.165, 1.54) is 5.56 Å². The van der Waals surface area contributed by atoms with Gasteiger partial charge in [0.2, 0.25) is 0 Å². The van der Waals surface area contributed by atoms with Crippen LogP contribution in [0.2, 0.25) is 0 Å². The Kier molecular flexibility index (Phi) is 3.97. The molecule has 0 unspecified atom stereocenters. The molecule has 0 fully saturated rings. The lowest BCUT2D eigenvalue weighted by Crippen LogP contribution is -1.91. The molecule has 0 saturated heterocycles. The van der Waals surface area contributed by atoms with Crippen LogP contribution in [0.25, 0.3) is 0 Å². The molecule has 0 aliphatic carbocycles. The molecule has 1 aromatic carbocycles. The molecule has 0 bridgehead atoms. The number of ether oxygens (including phenoxy) is 1. The number of aryl methyl sites for hydroxylation is 3. The summed E-state index contributed by atoms with van der Waals surface area (Å²) in [5.74, 6) is 2.59. The van der Waals surface area contributed by atoms with Crippen LogP contribution < -0.4 is 4.74 Å². The van der Waals surface area contributed by atoms with Gasteiger partial charge >= 0.3 is 0 Å². The average molecular weight is 263 g/mol. The Morgan fingerprint density at radius 1 is 1.28 bits per heavy atom. The Hall–Kier alpha value is -1.42. The Balaban J connectivity index is 2.12. The number of rotatable bonds is 4. The first kappa shape index (κ1) is 13.0. The molecule has 0 amide bonds.